The molecule has 96 valence electrons. The molecule has 2 heterocycles. The van der Waals surface area contributed by atoms with Crippen molar-refractivity contribution in [1.82, 2.24) is 14.7 Å². The highest BCUT2D eigenvalue weighted by atomic mass is 15.3. The average Bonchev–Trinajstić information content (AvgIpc) is 2.50. The fourth-order valence-electron chi connectivity index (χ4n) is 3.07. The number of nitrogens with zero attached hydrogens (tertiary/aromatic N) is 3. The molecule has 2 atom stereocenters. The van der Waals surface area contributed by atoms with E-state index in [9.17, 15) is 0 Å². The van der Waals surface area contributed by atoms with Crippen molar-refractivity contribution in [2.75, 3.05) is 20.1 Å². The van der Waals surface area contributed by atoms with Crippen molar-refractivity contribution in [3.8, 4) is 0 Å². The van der Waals surface area contributed by atoms with Gasteiger partial charge in [-0.25, -0.2) is 0 Å². The van der Waals surface area contributed by atoms with Crippen molar-refractivity contribution >= 4 is 0 Å². The summed E-state index contributed by atoms with van der Waals surface area (Å²) in [4.78, 5) is 2.45. The molecule has 17 heavy (non-hydrogen) atoms. The Morgan fingerprint density at radius 2 is 2.18 bits per heavy atom. The van der Waals surface area contributed by atoms with Crippen LogP contribution in [0, 0.1) is 12.8 Å². The zero-order valence-corrected chi connectivity index (χ0v) is 11.2. The first-order valence-corrected chi connectivity index (χ1v) is 6.54. The van der Waals surface area contributed by atoms with Crippen LogP contribution in [0.15, 0.2) is 6.20 Å². The average molecular weight is 236 g/mol. The highest BCUT2D eigenvalue weighted by Gasteiger charge is 2.30. The molecule has 1 fully saturated rings. The van der Waals surface area contributed by atoms with Gasteiger partial charge in [-0.15, -0.1) is 0 Å². The third-order valence-electron chi connectivity index (χ3n) is 3.93. The van der Waals surface area contributed by atoms with E-state index in [4.69, 9.17) is 5.73 Å². The fourth-order valence-corrected chi connectivity index (χ4v) is 3.07. The van der Waals surface area contributed by atoms with Gasteiger partial charge in [-0.1, -0.05) is 6.42 Å². The summed E-state index contributed by atoms with van der Waals surface area (Å²) < 4.78 is 1.91. The van der Waals surface area contributed by atoms with Gasteiger partial charge in [0.2, 0.25) is 0 Å². The van der Waals surface area contributed by atoms with E-state index in [1.54, 1.807) is 0 Å². The Hall–Kier alpha value is -0.870. The van der Waals surface area contributed by atoms with E-state index in [1.807, 2.05) is 11.7 Å². The van der Waals surface area contributed by atoms with E-state index >= 15 is 0 Å². The van der Waals surface area contributed by atoms with Crippen LogP contribution in [0.1, 0.15) is 36.6 Å². The number of hydrogen-bond donors (Lipinski definition) is 1. The van der Waals surface area contributed by atoms with Crippen LogP contribution in [0.4, 0.5) is 0 Å². The first kappa shape index (κ1) is 12.6. The minimum absolute atomic E-state index is 0.441. The predicted octanol–water partition coefficient (Wildman–Crippen LogP) is 1.46. The van der Waals surface area contributed by atoms with E-state index in [-0.39, 0.29) is 0 Å². The summed E-state index contributed by atoms with van der Waals surface area (Å²) in [5.41, 5.74) is 8.46. The van der Waals surface area contributed by atoms with Crippen molar-refractivity contribution in [2.45, 2.75) is 32.2 Å². The second-order valence-corrected chi connectivity index (χ2v) is 5.26. The molecule has 1 aliphatic heterocycles. The lowest BCUT2D eigenvalue weighted by Crippen LogP contribution is -2.33. The largest absolute Gasteiger partial charge is 0.330 e. The van der Waals surface area contributed by atoms with Crippen LogP contribution in [0.3, 0.4) is 0 Å². The monoisotopic (exact) mass is 236 g/mol. The second kappa shape index (κ2) is 5.19. The molecule has 0 saturated carbocycles. The quantitative estimate of drug-likeness (QED) is 0.845. The second-order valence-electron chi connectivity index (χ2n) is 5.26. The Morgan fingerprint density at radius 3 is 2.76 bits per heavy atom. The summed E-state index contributed by atoms with van der Waals surface area (Å²) >= 11 is 0. The molecule has 4 nitrogen and oxygen atoms in total. The van der Waals surface area contributed by atoms with Crippen LogP contribution in [0.2, 0.25) is 0 Å². The molecule has 0 radical (unpaired) electrons. The molecule has 1 aromatic rings. The van der Waals surface area contributed by atoms with Crippen LogP contribution in [0.5, 0.6) is 0 Å². The molecule has 0 aromatic carbocycles. The topological polar surface area (TPSA) is 47.1 Å². The van der Waals surface area contributed by atoms with E-state index in [0.717, 1.165) is 18.8 Å². The Kier molecular flexibility index (Phi) is 3.84. The summed E-state index contributed by atoms with van der Waals surface area (Å²) in [5.74, 6) is 0.561. The van der Waals surface area contributed by atoms with Gasteiger partial charge in [0, 0.05) is 24.8 Å². The maximum absolute atomic E-state index is 5.97. The summed E-state index contributed by atoms with van der Waals surface area (Å²) in [6, 6.07) is 0.441. The third kappa shape index (κ3) is 2.53. The first-order chi connectivity index (χ1) is 8.13. The van der Waals surface area contributed by atoms with Gasteiger partial charge in [0.05, 0.1) is 5.69 Å². The van der Waals surface area contributed by atoms with Crippen LogP contribution in [-0.4, -0.2) is 34.8 Å². The SMILES string of the molecule is Cc1nn(C)cc1C1C(CN)CCCCN1C. The molecule has 1 saturated heterocycles. The minimum Gasteiger partial charge on any atom is -0.330 e. The van der Waals surface area contributed by atoms with Crippen LogP contribution < -0.4 is 5.73 Å². The Balaban J connectivity index is 2.33. The number of likely N-dealkylation sites (tertiary alicyclic amines) is 1. The van der Waals surface area contributed by atoms with E-state index < -0.39 is 0 Å². The molecule has 0 spiro atoms. The van der Waals surface area contributed by atoms with Crippen LogP contribution in [-0.2, 0) is 7.05 Å². The van der Waals surface area contributed by atoms with Crippen molar-refractivity contribution in [1.29, 1.82) is 0 Å². The van der Waals surface area contributed by atoms with Gasteiger partial charge in [-0.3, -0.25) is 9.58 Å². The summed E-state index contributed by atoms with van der Waals surface area (Å²) in [6.07, 6.45) is 5.97. The summed E-state index contributed by atoms with van der Waals surface area (Å²) in [7, 11) is 4.20. The first-order valence-electron chi connectivity index (χ1n) is 6.54. The normalized spacial score (nSPS) is 27.1. The fraction of sp³-hybridized carbons (Fsp3) is 0.769. The number of aromatic nitrogens is 2. The standard InChI is InChI=1S/C13H24N4/c1-10-12(9-17(3)15-10)13-11(8-14)6-4-5-7-16(13)2/h9,11,13H,4-8,14H2,1-3H3. The summed E-state index contributed by atoms with van der Waals surface area (Å²) in [5, 5.41) is 4.47. The smallest absolute Gasteiger partial charge is 0.0641 e. The Morgan fingerprint density at radius 1 is 1.41 bits per heavy atom. The Labute approximate surface area is 104 Å². The van der Waals surface area contributed by atoms with Gasteiger partial charge < -0.3 is 5.73 Å². The zero-order chi connectivity index (χ0) is 12.4. The highest BCUT2D eigenvalue weighted by molar-refractivity contribution is 5.21. The number of rotatable bonds is 2. The number of nitrogens with two attached hydrogens (primary N) is 1. The van der Waals surface area contributed by atoms with Gasteiger partial charge in [0.15, 0.2) is 0 Å². The minimum atomic E-state index is 0.441. The lowest BCUT2D eigenvalue weighted by molar-refractivity contribution is 0.195. The van der Waals surface area contributed by atoms with Crippen LogP contribution >= 0.6 is 0 Å². The predicted molar refractivity (Wildman–Crippen MR) is 69.7 cm³/mol. The maximum Gasteiger partial charge on any atom is 0.0641 e. The van der Waals surface area contributed by atoms with Crippen molar-refractivity contribution in [2.24, 2.45) is 18.7 Å². The molecule has 0 amide bonds. The Bertz CT molecular complexity index is 371. The van der Waals surface area contributed by atoms with E-state index in [1.165, 1.54) is 24.8 Å². The van der Waals surface area contributed by atoms with Crippen LogP contribution in [0.25, 0.3) is 0 Å². The van der Waals surface area contributed by atoms with Gasteiger partial charge >= 0.3 is 0 Å². The van der Waals surface area contributed by atoms with Gasteiger partial charge in [0.25, 0.3) is 0 Å². The molecule has 2 rings (SSSR count). The number of hydrogen-bond acceptors (Lipinski definition) is 3. The molecule has 0 aliphatic carbocycles. The van der Waals surface area contributed by atoms with Gasteiger partial charge in [-0.2, -0.15) is 5.10 Å². The lowest BCUT2D eigenvalue weighted by Gasteiger charge is -2.31. The van der Waals surface area contributed by atoms with E-state index in [0.29, 0.717) is 12.0 Å². The van der Waals surface area contributed by atoms with E-state index in [2.05, 4.69) is 30.2 Å². The summed E-state index contributed by atoms with van der Waals surface area (Å²) in [6.45, 7) is 4.03. The number of aryl methyl sites for hydroxylation is 2. The molecular weight excluding hydrogens is 212 g/mol. The molecule has 4 heteroatoms. The zero-order valence-electron chi connectivity index (χ0n) is 11.2. The molecular formula is C13H24N4. The lowest BCUT2D eigenvalue weighted by atomic mass is 9.90. The van der Waals surface area contributed by atoms with Gasteiger partial charge in [0.1, 0.15) is 0 Å². The molecule has 1 aliphatic rings. The van der Waals surface area contributed by atoms with Gasteiger partial charge in [-0.05, 0) is 45.8 Å². The molecule has 2 unspecified atom stereocenters. The third-order valence-corrected chi connectivity index (χ3v) is 3.93. The molecule has 0 bridgehead atoms. The van der Waals surface area contributed by atoms with Crippen molar-refractivity contribution in [3.05, 3.63) is 17.5 Å². The highest BCUT2D eigenvalue weighted by Crippen LogP contribution is 2.34. The molecule has 2 N–H and O–H groups in total. The van der Waals surface area contributed by atoms with Crippen molar-refractivity contribution in [3.63, 3.8) is 0 Å². The van der Waals surface area contributed by atoms with Crippen molar-refractivity contribution < 1.29 is 0 Å². The molecule has 1 aromatic heterocycles. The maximum atomic E-state index is 5.97.